The van der Waals surface area contributed by atoms with Gasteiger partial charge in [0.1, 0.15) is 16.7 Å². The first-order valence-electron chi connectivity index (χ1n) is 5.24. The summed E-state index contributed by atoms with van der Waals surface area (Å²) >= 11 is 4.81. The summed E-state index contributed by atoms with van der Waals surface area (Å²) < 4.78 is 0. The molecule has 0 amide bonds. The SMILES string of the molecule is N#C/C(=C/c1c[nH]c2nccc(CN)c12)C(N)=S. The van der Waals surface area contributed by atoms with E-state index in [0.29, 0.717) is 6.54 Å². The first kappa shape index (κ1) is 12.2. The number of aromatic nitrogens is 2. The molecule has 2 aromatic heterocycles. The van der Waals surface area contributed by atoms with Crippen molar-refractivity contribution in [2.24, 2.45) is 11.5 Å². The van der Waals surface area contributed by atoms with Gasteiger partial charge in [-0.15, -0.1) is 0 Å². The Hall–Kier alpha value is -2.23. The van der Waals surface area contributed by atoms with Crippen molar-refractivity contribution in [3.63, 3.8) is 0 Å². The molecule has 18 heavy (non-hydrogen) atoms. The van der Waals surface area contributed by atoms with Gasteiger partial charge in [0.15, 0.2) is 0 Å². The number of nitrogens with two attached hydrogens (primary N) is 2. The van der Waals surface area contributed by atoms with Crippen molar-refractivity contribution < 1.29 is 0 Å². The van der Waals surface area contributed by atoms with Crippen molar-refractivity contribution in [2.75, 3.05) is 0 Å². The molecule has 0 aliphatic heterocycles. The van der Waals surface area contributed by atoms with Gasteiger partial charge in [-0.1, -0.05) is 12.2 Å². The van der Waals surface area contributed by atoms with E-state index in [1.165, 1.54) is 0 Å². The molecule has 0 unspecified atom stereocenters. The van der Waals surface area contributed by atoms with Crippen LogP contribution in [0.15, 0.2) is 24.0 Å². The third kappa shape index (κ3) is 2.09. The molecule has 0 bridgehead atoms. The van der Waals surface area contributed by atoms with Crippen LogP contribution < -0.4 is 11.5 Å². The number of nitrogens with one attached hydrogen (secondary N) is 1. The molecule has 6 heteroatoms. The van der Waals surface area contributed by atoms with Crippen LogP contribution in [0.25, 0.3) is 17.1 Å². The van der Waals surface area contributed by atoms with Crippen LogP contribution in [0.5, 0.6) is 0 Å². The van der Waals surface area contributed by atoms with Gasteiger partial charge >= 0.3 is 0 Å². The van der Waals surface area contributed by atoms with Gasteiger partial charge in [0.2, 0.25) is 0 Å². The summed E-state index contributed by atoms with van der Waals surface area (Å²) in [6.45, 7) is 0.396. The van der Waals surface area contributed by atoms with Crippen LogP contribution in [0.4, 0.5) is 0 Å². The quantitative estimate of drug-likeness (QED) is 0.435. The van der Waals surface area contributed by atoms with E-state index < -0.39 is 0 Å². The minimum absolute atomic E-state index is 0.0741. The molecule has 0 radical (unpaired) electrons. The van der Waals surface area contributed by atoms with E-state index in [1.807, 2.05) is 12.1 Å². The number of nitrogens with zero attached hydrogens (tertiary/aromatic N) is 2. The van der Waals surface area contributed by atoms with Crippen molar-refractivity contribution in [2.45, 2.75) is 6.54 Å². The van der Waals surface area contributed by atoms with Crippen LogP contribution in [0, 0.1) is 11.3 Å². The number of H-pyrrole nitrogens is 1. The van der Waals surface area contributed by atoms with Crippen LogP contribution in [0.1, 0.15) is 11.1 Å². The summed E-state index contributed by atoms with van der Waals surface area (Å²) in [4.78, 5) is 7.30. The highest BCUT2D eigenvalue weighted by molar-refractivity contribution is 7.80. The molecular weight excluding hydrogens is 246 g/mol. The fraction of sp³-hybridized carbons (Fsp3) is 0.0833. The third-order valence-corrected chi connectivity index (χ3v) is 2.82. The molecule has 0 aromatic carbocycles. The van der Waals surface area contributed by atoms with Crippen molar-refractivity contribution in [1.29, 1.82) is 5.26 Å². The number of thiocarbonyl (C=S) groups is 1. The minimum atomic E-state index is 0.0741. The Morgan fingerprint density at radius 3 is 3.00 bits per heavy atom. The molecule has 2 rings (SSSR count). The molecule has 0 spiro atoms. The summed E-state index contributed by atoms with van der Waals surface area (Å²) in [6, 6.07) is 3.82. The molecule has 90 valence electrons. The lowest BCUT2D eigenvalue weighted by molar-refractivity contribution is 1.08. The maximum Gasteiger partial charge on any atom is 0.138 e. The Labute approximate surface area is 109 Å². The standard InChI is InChI=1S/C12H11N5S/c13-4-7-1-2-16-12-10(7)9(6-17-12)3-8(5-14)11(15)18/h1-3,6H,4,13H2,(H2,15,18)(H,16,17)/b8-3-. The average Bonchev–Trinajstić information content (AvgIpc) is 2.78. The molecule has 2 aromatic rings. The van der Waals surface area contributed by atoms with Crippen molar-refractivity contribution in [3.8, 4) is 6.07 Å². The summed E-state index contributed by atoms with van der Waals surface area (Å²) in [6.07, 6.45) is 5.09. The van der Waals surface area contributed by atoms with Crippen LogP contribution in [-0.4, -0.2) is 15.0 Å². The molecule has 0 saturated heterocycles. The van der Waals surface area contributed by atoms with E-state index in [0.717, 1.165) is 22.2 Å². The molecule has 0 aliphatic rings. The van der Waals surface area contributed by atoms with Gasteiger partial charge in [-0.05, 0) is 17.7 Å². The van der Waals surface area contributed by atoms with Gasteiger partial charge in [0, 0.05) is 29.9 Å². The number of nitriles is 1. The number of rotatable bonds is 3. The topological polar surface area (TPSA) is 105 Å². The van der Waals surface area contributed by atoms with E-state index in [-0.39, 0.29) is 10.6 Å². The molecule has 5 N–H and O–H groups in total. The number of aromatic amines is 1. The van der Waals surface area contributed by atoms with Crippen LogP contribution in [0.3, 0.4) is 0 Å². The summed E-state index contributed by atoms with van der Waals surface area (Å²) in [5.74, 6) is 0. The fourth-order valence-electron chi connectivity index (χ4n) is 1.75. The monoisotopic (exact) mass is 257 g/mol. The number of pyridine rings is 1. The van der Waals surface area contributed by atoms with Crippen molar-refractivity contribution >= 4 is 34.3 Å². The van der Waals surface area contributed by atoms with Gasteiger partial charge < -0.3 is 16.5 Å². The third-order valence-electron chi connectivity index (χ3n) is 2.60. The second-order valence-corrected chi connectivity index (χ2v) is 4.12. The van der Waals surface area contributed by atoms with E-state index in [2.05, 4.69) is 9.97 Å². The first-order valence-corrected chi connectivity index (χ1v) is 5.64. The van der Waals surface area contributed by atoms with Gasteiger partial charge in [-0.2, -0.15) is 5.26 Å². The van der Waals surface area contributed by atoms with Gasteiger partial charge in [-0.25, -0.2) is 4.98 Å². The Balaban J connectivity index is 2.66. The van der Waals surface area contributed by atoms with Gasteiger partial charge in [0.05, 0.1) is 5.57 Å². The predicted octanol–water partition coefficient (Wildman–Crippen LogP) is 1.21. The zero-order valence-corrected chi connectivity index (χ0v) is 10.3. The highest BCUT2D eigenvalue weighted by Gasteiger charge is 2.09. The Kier molecular flexibility index (Phi) is 3.37. The highest BCUT2D eigenvalue weighted by atomic mass is 32.1. The molecule has 0 fully saturated rings. The van der Waals surface area contributed by atoms with Crippen LogP contribution in [-0.2, 0) is 6.54 Å². The normalized spacial score (nSPS) is 11.4. The van der Waals surface area contributed by atoms with Crippen molar-refractivity contribution in [3.05, 3.63) is 35.2 Å². The largest absolute Gasteiger partial charge is 0.389 e. The lowest BCUT2D eigenvalue weighted by atomic mass is 10.1. The molecular formula is C12H11N5S. The zero-order chi connectivity index (χ0) is 13.1. The first-order chi connectivity index (χ1) is 8.67. The predicted molar refractivity (Wildman–Crippen MR) is 74.4 cm³/mol. The molecule has 0 saturated carbocycles. The minimum Gasteiger partial charge on any atom is -0.389 e. The molecule has 2 heterocycles. The van der Waals surface area contributed by atoms with Crippen molar-refractivity contribution in [1.82, 2.24) is 9.97 Å². The Morgan fingerprint density at radius 1 is 1.61 bits per heavy atom. The number of hydrogen-bond acceptors (Lipinski definition) is 4. The zero-order valence-electron chi connectivity index (χ0n) is 9.47. The smallest absolute Gasteiger partial charge is 0.138 e. The highest BCUT2D eigenvalue weighted by Crippen LogP contribution is 2.22. The maximum absolute atomic E-state index is 8.96. The maximum atomic E-state index is 8.96. The summed E-state index contributed by atoms with van der Waals surface area (Å²) in [5, 5.41) is 9.85. The lowest BCUT2D eigenvalue weighted by Crippen LogP contribution is -2.09. The molecule has 0 atom stereocenters. The second kappa shape index (κ2) is 4.96. The van der Waals surface area contributed by atoms with Crippen LogP contribution in [0.2, 0.25) is 0 Å². The second-order valence-electron chi connectivity index (χ2n) is 3.68. The summed E-state index contributed by atoms with van der Waals surface area (Å²) in [7, 11) is 0. The molecule has 5 nitrogen and oxygen atoms in total. The fourth-order valence-corrected chi connectivity index (χ4v) is 1.85. The Bertz CT molecular complexity index is 677. The van der Waals surface area contributed by atoms with E-state index in [9.17, 15) is 0 Å². The van der Waals surface area contributed by atoms with Crippen LogP contribution >= 0.6 is 12.2 Å². The average molecular weight is 257 g/mol. The number of fused-ring (bicyclic) bond motifs is 1. The molecule has 0 aliphatic carbocycles. The van der Waals surface area contributed by atoms with E-state index in [4.69, 9.17) is 28.9 Å². The Morgan fingerprint density at radius 2 is 2.39 bits per heavy atom. The van der Waals surface area contributed by atoms with Gasteiger partial charge in [0.25, 0.3) is 0 Å². The summed E-state index contributed by atoms with van der Waals surface area (Å²) in [5.41, 5.74) is 13.9. The van der Waals surface area contributed by atoms with E-state index >= 15 is 0 Å². The lowest BCUT2D eigenvalue weighted by Gasteiger charge is -2.00. The van der Waals surface area contributed by atoms with Gasteiger partial charge in [-0.3, -0.25) is 0 Å². The number of hydrogen-bond donors (Lipinski definition) is 3. The van der Waals surface area contributed by atoms with E-state index in [1.54, 1.807) is 18.5 Å².